The number of nitrogens with zero attached hydrogens (tertiary/aromatic N) is 2. The minimum absolute atomic E-state index is 0.0328. The van der Waals surface area contributed by atoms with E-state index in [0.717, 1.165) is 0 Å². The Morgan fingerprint density at radius 1 is 1.17 bits per heavy atom. The molecule has 1 N–H and O–H groups in total. The number of fused-ring (bicyclic) bond motifs is 1. The third-order valence-electron chi connectivity index (χ3n) is 5.15. The van der Waals surface area contributed by atoms with Gasteiger partial charge >= 0.3 is 5.76 Å². The average Bonchev–Trinajstić information content (AvgIpc) is 2.99. The molecule has 1 aliphatic rings. The number of rotatable bonds is 5. The first-order chi connectivity index (χ1) is 14.2. The summed E-state index contributed by atoms with van der Waals surface area (Å²) in [5.41, 5.74) is 2.00. The number of aromatic nitrogens is 1. The van der Waals surface area contributed by atoms with Crippen LogP contribution >= 0.6 is 0 Å². The van der Waals surface area contributed by atoms with Crippen LogP contribution in [0, 0.1) is 12.7 Å². The fraction of sp³-hybridized carbons (Fsp3) is 0.350. The molecule has 0 saturated carbocycles. The molecule has 4 rings (SSSR count). The van der Waals surface area contributed by atoms with Crippen molar-refractivity contribution in [1.29, 1.82) is 0 Å². The molecule has 0 amide bonds. The van der Waals surface area contributed by atoms with Crippen LogP contribution in [0.1, 0.15) is 11.1 Å². The first-order valence-corrected chi connectivity index (χ1v) is 10.9. The van der Waals surface area contributed by atoms with Crippen LogP contribution in [0.5, 0.6) is 0 Å². The molecule has 30 heavy (non-hydrogen) atoms. The predicted molar refractivity (Wildman–Crippen MR) is 109 cm³/mol. The molecule has 0 spiro atoms. The van der Waals surface area contributed by atoms with Crippen molar-refractivity contribution in [2.75, 3.05) is 31.0 Å². The van der Waals surface area contributed by atoms with Gasteiger partial charge < -0.3 is 9.15 Å². The summed E-state index contributed by atoms with van der Waals surface area (Å²) in [4.78, 5) is 14.2. The molecular weight excluding hydrogens is 413 g/mol. The average molecular weight is 435 g/mol. The number of morpholine rings is 1. The Balaban J connectivity index is 1.76. The molecule has 1 saturated heterocycles. The zero-order valence-electron chi connectivity index (χ0n) is 16.6. The van der Waals surface area contributed by atoms with E-state index in [9.17, 15) is 17.6 Å². The smallest absolute Gasteiger partial charge is 0.408 e. The molecule has 160 valence electrons. The maximum atomic E-state index is 13.5. The SMILES string of the molecule is Cc1cc(NS(=O)(=O)c2cc(CN3CCOCC3)c3c(c2)oc(=O)n3C)ccc1F. The Kier molecular flexibility index (Phi) is 5.39. The summed E-state index contributed by atoms with van der Waals surface area (Å²) in [6, 6.07) is 6.86. The Morgan fingerprint density at radius 2 is 1.90 bits per heavy atom. The number of hydrogen-bond acceptors (Lipinski definition) is 6. The van der Waals surface area contributed by atoms with Gasteiger partial charge in [-0.2, -0.15) is 0 Å². The van der Waals surface area contributed by atoms with Crippen molar-refractivity contribution in [3.05, 3.63) is 57.8 Å². The summed E-state index contributed by atoms with van der Waals surface area (Å²) in [6.45, 7) is 4.60. The highest BCUT2D eigenvalue weighted by Gasteiger charge is 2.22. The van der Waals surface area contributed by atoms with Crippen molar-refractivity contribution in [2.24, 2.45) is 7.05 Å². The van der Waals surface area contributed by atoms with Crippen LogP contribution in [0.25, 0.3) is 11.1 Å². The van der Waals surface area contributed by atoms with Crippen LogP contribution in [0.3, 0.4) is 0 Å². The topological polar surface area (TPSA) is 93.8 Å². The van der Waals surface area contributed by atoms with Gasteiger partial charge in [-0.15, -0.1) is 0 Å². The lowest BCUT2D eigenvalue weighted by Gasteiger charge is -2.27. The van der Waals surface area contributed by atoms with Crippen molar-refractivity contribution in [3.63, 3.8) is 0 Å². The number of anilines is 1. The van der Waals surface area contributed by atoms with E-state index < -0.39 is 21.6 Å². The van der Waals surface area contributed by atoms with Gasteiger partial charge in [-0.3, -0.25) is 14.2 Å². The van der Waals surface area contributed by atoms with Gasteiger partial charge in [0.1, 0.15) is 5.82 Å². The van der Waals surface area contributed by atoms with E-state index >= 15 is 0 Å². The standard InChI is InChI=1S/C20H22FN3O5S/c1-13-9-15(3-4-17(13)21)22-30(26,27)16-10-14(12-24-5-7-28-8-6-24)19-18(11-16)29-20(25)23(19)2/h3-4,9-11,22H,5-8,12H2,1-2H3. The molecule has 1 aromatic heterocycles. The van der Waals surface area contributed by atoms with Crippen LogP contribution in [0.15, 0.2) is 44.4 Å². The summed E-state index contributed by atoms with van der Waals surface area (Å²) in [6.07, 6.45) is 0. The lowest BCUT2D eigenvalue weighted by Crippen LogP contribution is -2.35. The summed E-state index contributed by atoms with van der Waals surface area (Å²) in [5.74, 6) is -0.983. The zero-order valence-corrected chi connectivity index (χ0v) is 17.5. The molecule has 10 heteroatoms. The molecule has 2 heterocycles. The van der Waals surface area contributed by atoms with Crippen molar-refractivity contribution in [3.8, 4) is 0 Å². The number of hydrogen-bond donors (Lipinski definition) is 1. The van der Waals surface area contributed by atoms with E-state index in [0.29, 0.717) is 49.5 Å². The van der Waals surface area contributed by atoms with Gasteiger partial charge in [-0.05, 0) is 42.3 Å². The van der Waals surface area contributed by atoms with Crippen LogP contribution in [-0.2, 0) is 28.4 Å². The largest absolute Gasteiger partial charge is 0.419 e. The summed E-state index contributed by atoms with van der Waals surface area (Å²) in [5, 5.41) is 0. The Bertz CT molecular complexity index is 1260. The fourth-order valence-electron chi connectivity index (χ4n) is 3.55. The van der Waals surface area contributed by atoms with E-state index in [4.69, 9.17) is 9.15 Å². The highest BCUT2D eigenvalue weighted by molar-refractivity contribution is 7.92. The molecule has 0 atom stereocenters. The van der Waals surface area contributed by atoms with Crippen LogP contribution in [0.2, 0.25) is 0 Å². The van der Waals surface area contributed by atoms with Crippen LogP contribution in [0.4, 0.5) is 10.1 Å². The van der Waals surface area contributed by atoms with Gasteiger partial charge in [-0.1, -0.05) is 0 Å². The highest BCUT2D eigenvalue weighted by Crippen LogP contribution is 2.26. The highest BCUT2D eigenvalue weighted by atomic mass is 32.2. The lowest BCUT2D eigenvalue weighted by molar-refractivity contribution is 0.0343. The fourth-order valence-corrected chi connectivity index (χ4v) is 4.66. The second-order valence-corrected chi connectivity index (χ2v) is 9.00. The maximum absolute atomic E-state index is 13.5. The molecule has 1 aliphatic heterocycles. The minimum atomic E-state index is -3.99. The third-order valence-corrected chi connectivity index (χ3v) is 6.51. The first kappa shape index (κ1) is 20.6. The quantitative estimate of drug-likeness (QED) is 0.661. The normalized spacial score (nSPS) is 15.6. The summed E-state index contributed by atoms with van der Waals surface area (Å²) >= 11 is 0. The maximum Gasteiger partial charge on any atom is 0.419 e. The summed E-state index contributed by atoms with van der Waals surface area (Å²) in [7, 11) is -2.40. The number of ether oxygens (including phenoxy) is 1. The van der Waals surface area contributed by atoms with E-state index in [1.54, 1.807) is 20.0 Å². The van der Waals surface area contributed by atoms with Gasteiger partial charge in [0, 0.05) is 38.4 Å². The third kappa shape index (κ3) is 3.98. The number of nitrogens with one attached hydrogen (secondary N) is 1. The molecule has 1 fully saturated rings. The molecule has 0 radical (unpaired) electrons. The van der Waals surface area contributed by atoms with Crippen LogP contribution < -0.4 is 10.5 Å². The predicted octanol–water partition coefficient (Wildman–Crippen LogP) is 2.21. The Labute approximate surface area is 172 Å². The number of oxazole rings is 1. The zero-order chi connectivity index (χ0) is 21.5. The second-order valence-electron chi connectivity index (χ2n) is 7.31. The summed E-state index contributed by atoms with van der Waals surface area (Å²) < 4.78 is 54.0. The van der Waals surface area contributed by atoms with Gasteiger partial charge in [0.15, 0.2) is 5.58 Å². The van der Waals surface area contributed by atoms with Crippen molar-refractivity contribution in [2.45, 2.75) is 18.4 Å². The van der Waals surface area contributed by atoms with E-state index in [2.05, 4.69) is 9.62 Å². The van der Waals surface area contributed by atoms with Crippen molar-refractivity contribution in [1.82, 2.24) is 9.47 Å². The first-order valence-electron chi connectivity index (χ1n) is 9.46. The molecule has 2 aromatic carbocycles. The van der Waals surface area contributed by atoms with Gasteiger partial charge in [0.05, 0.1) is 23.6 Å². The number of aryl methyl sites for hydroxylation is 2. The van der Waals surface area contributed by atoms with Gasteiger partial charge in [-0.25, -0.2) is 17.6 Å². The molecule has 8 nitrogen and oxygen atoms in total. The number of sulfonamides is 1. The van der Waals surface area contributed by atoms with Crippen molar-refractivity contribution >= 4 is 26.8 Å². The lowest BCUT2D eigenvalue weighted by atomic mass is 10.1. The number of benzene rings is 2. The van der Waals surface area contributed by atoms with E-state index in [-0.39, 0.29) is 16.2 Å². The Morgan fingerprint density at radius 3 is 2.60 bits per heavy atom. The van der Waals surface area contributed by atoms with E-state index in [1.807, 2.05) is 0 Å². The molecule has 0 aliphatic carbocycles. The molecule has 0 unspecified atom stereocenters. The van der Waals surface area contributed by atoms with Gasteiger partial charge in [0.25, 0.3) is 10.0 Å². The molecule has 3 aromatic rings. The second kappa shape index (κ2) is 7.86. The number of halogens is 1. The van der Waals surface area contributed by atoms with Gasteiger partial charge in [0.2, 0.25) is 0 Å². The molecular formula is C20H22FN3O5S. The van der Waals surface area contributed by atoms with Crippen molar-refractivity contribution < 1.29 is 22.0 Å². The van der Waals surface area contributed by atoms with E-state index in [1.165, 1.54) is 28.8 Å². The van der Waals surface area contributed by atoms with Crippen LogP contribution in [-0.4, -0.2) is 44.2 Å². The molecule has 0 bridgehead atoms. The minimum Gasteiger partial charge on any atom is -0.408 e. The Hall–Kier alpha value is -2.69. The monoisotopic (exact) mass is 435 g/mol.